The minimum atomic E-state index is -2.99. The van der Waals surface area contributed by atoms with Gasteiger partial charge in [-0.25, -0.2) is 0 Å². The Morgan fingerprint density at radius 2 is 0.887 bits per heavy atom. The zero-order valence-electron chi connectivity index (χ0n) is 28.6. The first-order valence-electron chi connectivity index (χ1n) is 18.0. The van der Waals surface area contributed by atoms with E-state index in [9.17, 15) is 0 Å². The monoisotopic (exact) mass is 714 g/mol. The topological polar surface area (TPSA) is 19.1 Å². The van der Waals surface area contributed by atoms with Crippen molar-refractivity contribution in [3.05, 3.63) is 193 Å². The number of benzene rings is 8. The van der Waals surface area contributed by atoms with Gasteiger partial charge in [0.2, 0.25) is 0 Å². The SMILES string of the molecule is Clc1ccc2c(c1)Oc1ccccc1[Si]2(c1ccc(-n2c3ccccc3c3ccccc32)cc1)c1ccc2c(c1)c1ccccc1n2-c1ccccc1. The van der Waals surface area contributed by atoms with E-state index in [1.807, 2.05) is 12.1 Å². The van der Waals surface area contributed by atoms with Gasteiger partial charge in [0.25, 0.3) is 0 Å². The lowest BCUT2D eigenvalue weighted by molar-refractivity contribution is 0.487. The summed E-state index contributed by atoms with van der Waals surface area (Å²) in [6.07, 6.45) is 0. The number of aromatic nitrogens is 2. The number of para-hydroxylation sites is 5. The Balaban J connectivity index is 1.21. The van der Waals surface area contributed by atoms with Crippen LogP contribution in [0.2, 0.25) is 5.02 Å². The number of fused-ring (bicyclic) bond motifs is 8. The highest BCUT2D eigenvalue weighted by molar-refractivity contribution is 7.20. The Hall–Kier alpha value is -6.33. The lowest BCUT2D eigenvalue weighted by Gasteiger charge is -2.39. The van der Waals surface area contributed by atoms with Gasteiger partial charge in [0.1, 0.15) is 11.5 Å². The third-order valence-corrected chi connectivity index (χ3v) is 16.2. The summed E-state index contributed by atoms with van der Waals surface area (Å²) in [4.78, 5) is 0. The fourth-order valence-electron chi connectivity index (χ4n) is 8.93. The molecule has 0 saturated heterocycles. The van der Waals surface area contributed by atoms with Crippen molar-refractivity contribution in [1.82, 2.24) is 9.13 Å². The Morgan fingerprint density at radius 3 is 1.57 bits per heavy atom. The summed E-state index contributed by atoms with van der Waals surface area (Å²) in [5.41, 5.74) is 7.05. The molecule has 1 atom stereocenters. The minimum Gasteiger partial charge on any atom is -0.457 e. The largest absolute Gasteiger partial charge is 0.457 e. The molecule has 2 aromatic heterocycles. The van der Waals surface area contributed by atoms with E-state index in [2.05, 4.69) is 185 Å². The van der Waals surface area contributed by atoms with Crippen LogP contribution in [-0.2, 0) is 0 Å². The number of halogens is 1. The fraction of sp³-hybridized carbons (Fsp3) is 0. The molecule has 8 aromatic carbocycles. The molecule has 0 fully saturated rings. The molecule has 10 aromatic rings. The van der Waals surface area contributed by atoms with Crippen molar-refractivity contribution in [2.45, 2.75) is 0 Å². The molecule has 0 N–H and O–H groups in total. The molecule has 11 rings (SSSR count). The van der Waals surface area contributed by atoms with Crippen LogP contribution in [0.3, 0.4) is 0 Å². The van der Waals surface area contributed by atoms with Crippen molar-refractivity contribution >= 4 is 84.0 Å². The standard InChI is InChI=1S/C48H31ClN2OSi/c49-32-22-29-48-46(30-32)52-45-20-10-11-21-47(45)53(48,35-25-23-34(24-26-35)51-41-17-7-4-14-37(41)38-15-5-8-18-42(38)51)36-27-28-44-40(31-36)39-16-6-9-19-43(39)50(44)33-12-2-1-3-13-33/h1-31H. The summed E-state index contributed by atoms with van der Waals surface area (Å²) in [7, 11) is -2.99. The fourth-order valence-corrected chi connectivity index (χ4v) is 14.0. The van der Waals surface area contributed by atoms with Crippen molar-refractivity contribution < 1.29 is 4.74 Å². The molecule has 0 bridgehead atoms. The van der Waals surface area contributed by atoms with Gasteiger partial charge >= 0.3 is 0 Å². The Bertz CT molecular complexity index is 3000. The molecule has 3 nitrogen and oxygen atoms in total. The second kappa shape index (κ2) is 11.6. The molecule has 1 aliphatic heterocycles. The maximum atomic E-state index is 6.70. The van der Waals surface area contributed by atoms with Crippen molar-refractivity contribution in [2.24, 2.45) is 0 Å². The van der Waals surface area contributed by atoms with Gasteiger partial charge in [-0.1, -0.05) is 133 Å². The number of hydrogen-bond donors (Lipinski definition) is 0. The first-order valence-corrected chi connectivity index (χ1v) is 20.3. The van der Waals surface area contributed by atoms with E-state index in [1.54, 1.807) is 0 Å². The van der Waals surface area contributed by atoms with E-state index in [0.29, 0.717) is 5.02 Å². The molecule has 3 heterocycles. The maximum Gasteiger partial charge on any atom is 0.188 e. The Labute approximate surface area is 312 Å². The molecule has 0 saturated carbocycles. The second-order valence-electron chi connectivity index (χ2n) is 13.8. The van der Waals surface area contributed by atoms with Crippen molar-refractivity contribution in [3.8, 4) is 22.9 Å². The second-order valence-corrected chi connectivity index (χ2v) is 18.0. The number of ether oxygens (including phenoxy) is 1. The first-order chi connectivity index (χ1) is 26.2. The number of hydrogen-bond acceptors (Lipinski definition) is 1. The molecule has 53 heavy (non-hydrogen) atoms. The Kier molecular flexibility index (Phi) is 6.63. The van der Waals surface area contributed by atoms with Crippen molar-refractivity contribution in [3.63, 3.8) is 0 Å². The predicted molar refractivity (Wildman–Crippen MR) is 224 cm³/mol. The molecular weight excluding hydrogens is 684 g/mol. The first kappa shape index (κ1) is 30.3. The highest BCUT2D eigenvalue weighted by Gasteiger charge is 2.48. The maximum absolute atomic E-state index is 6.70. The minimum absolute atomic E-state index is 0.661. The molecular formula is C48H31ClN2OSi. The van der Waals surface area contributed by atoms with Crippen LogP contribution in [0.25, 0.3) is 55.0 Å². The summed E-state index contributed by atoms with van der Waals surface area (Å²) in [5, 5.41) is 10.6. The van der Waals surface area contributed by atoms with Crippen LogP contribution in [0.4, 0.5) is 0 Å². The van der Waals surface area contributed by atoms with Crippen LogP contribution in [0.1, 0.15) is 0 Å². The van der Waals surface area contributed by atoms with Gasteiger partial charge in [-0.2, -0.15) is 0 Å². The molecule has 0 radical (unpaired) electrons. The van der Waals surface area contributed by atoms with Crippen LogP contribution in [0.5, 0.6) is 11.5 Å². The van der Waals surface area contributed by atoms with Crippen LogP contribution in [0, 0.1) is 0 Å². The molecule has 0 aliphatic carbocycles. The van der Waals surface area contributed by atoms with E-state index >= 15 is 0 Å². The quantitative estimate of drug-likeness (QED) is 0.166. The summed E-state index contributed by atoms with van der Waals surface area (Å²) < 4.78 is 11.5. The Morgan fingerprint density at radius 1 is 0.377 bits per heavy atom. The third kappa shape index (κ3) is 4.34. The van der Waals surface area contributed by atoms with Crippen LogP contribution in [0.15, 0.2) is 188 Å². The summed E-state index contributed by atoms with van der Waals surface area (Å²) in [5.74, 6) is 1.70. The van der Waals surface area contributed by atoms with Crippen molar-refractivity contribution in [1.29, 1.82) is 0 Å². The van der Waals surface area contributed by atoms with Gasteiger partial charge in [-0.05, 0) is 87.5 Å². The van der Waals surface area contributed by atoms with Gasteiger partial charge in [-0.15, -0.1) is 0 Å². The average Bonchev–Trinajstić information content (AvgIpc) is 3.73. The van der Waals surface area contributed by atoms with Crippen LogP contribution in [-0.4, -0.2) is 17.2 Å². The van der Waals surface area contributed by atoms with Gasteiger partial charge in [0.05, 0.1) is 22.1 Å². The lowest BCUT2D eigenvalue weighted by atomic mass is 10.1. The van der Waals surface area contributed by atoms with Crippen molar-refractivity contribution in [2.75, 3.05) is 0 Å². The van der Waals surface area contributed by atoms with E-state index in [1.165, 1.54) is 64.4 Å². The van der Waals surface area contributed by atoms with E-state index in [0.717, 1.165) is 22.9 Å². The summed E-state index contributed by atoms with van der Waals surface area (Å²) >= 11 is 6.70. The molecule has 0 amide bonds. The molecule has 5 heteroatoms. The van der Waals surface area contributed by atoms with Gasteiger partial charge in [0.15, 0.2) is 8.07 Å². The van der Waals surface area contributed by atoms with E-state index in [-0.39, 0.29) is 0 Å². The summed E-state index contributed by atoms with van der Waals surface area (Å²) in [6.45, 7) is 0. The molecule has 1 unspecified atom stereocenters. The van der Waals surface area contributed by atoms with E-state index < -0.39 is 8.07 Å². The predicted octanol–water partition coefficient (Wildman–Crippen LogP) is 10.0. The molecule has 250 valence electrons. The zero-order chi connectivity index (χ0) is 35.1. The van der Waals surface area contributed by atoms with Gasteiger partial charge < -0.3 is 13.9 Å². The lowest BCUT2D eigenvalue weighted by Crippen LogP contribution is -2.76. The normalized spacial score (nSPS) is 15.1. The van der Waals surface area contributed by atoms with Crippen LogP contribution >= 0.6 is 11.6 Å². The van der Waals surface area contributed by atoms with Gasteiger partial charge in [0, 0.05) is 37.9 Å². The van der Waals surface area contributed by atoms with E-state index in [4.69, 9.17) is 16.3 Å². The highest BCUT2D eigenvalue weighted by atomic mass is 35.5. The third-order valence-electron chi connectivity index (χ3n) is 11.1. The zero-order valence-corrected chi connectivity index (χ0v) is 30.3. The number of rotatable bonds is 4. The highest BCUT2D eigenvalue weighted by Crippen LogP contribution is 2.36. The van der Waals surface area contributed by atoms with Gasteiger partial charge in [-0.3, -0.25) is 0 Å². The average molecular weight is 715 g/mol. The smallest absolute Gasteiger partial charge is 0.188 e. The summed E-state index contributed by atoms with van der Waals surface area (Å²) in [6, 6.07) is 68.1. The molecule has 1 aliphatic rings. The van der Waals surface area contributed by atoms with Crippen LogP contribution < -0.4 is 25.5 Å². The molecule has 0 spiro atoms. The number of nitrogens with zero attached hydrogens (tertiary/aromatic N) is 2.